The quantitative estimate of drug-likeness (QED) is 0.161. The molecule has 9 rings (SSSR count). The van der Waals surface area contributed by atoms with Crippen molar-refractivity contribution in [2.75, 3.05) is 6.67 Å². The number of nitrogens with zero attached hydrogens (tertiary/aromatic N) is 5. The Labute approximate surface area is 244 Å². The molecular formula is C36H28N5O+. The highest BCUT2D eigenvalue weighted by Gasteiger charge is 2.55. The van der Waals surface area contributed by atoms with Crippen LogP contribution in [0.4, 0.5) is 11.4 Å². The van der Waals surface area contributed by atoms with Gasteiger partial charge < -0.3 is 4.74 Å². The van der Waals surface area contributed by atoms with Gasteiger partial charge >= 0.3 is 0 Å². The highest BCUT2D eigenvalue weighted by molar-refractivity contribution is 6.09. The van der Waals surface area contributed by atoms with Crippen LogP contribution in [0.2, 0.25) is 0 Å². The molecule has 0 aliphatic carbocycles. The van der Waals surface area contributed by atoms with E-state index in [1.54, 1.807) is 6.20 Å². The molecule has 3 aliphatic rings. The minimum atomic E-state index is 0.631. The van der Waals surface area contributed by atoms with Gasteiger partial charge in [0.1, 0.15) is 41.1 Å². The molecule has 0 N–H and O–H groups in total. The molecule has 6 heteroatoms. The molecule has 6 nitrogen and oxygen atoms in total. The molecule has 3 aliphatic heterocycles. The second-order valence-corrected chi connectivity index (χ2v) is 11.3. The van der Waals surface area contributed by atoms with Crippen LogP contribution in [0.5, 0.6) is 11.5 Å². The van der Waals surface area contributed by atoms with Crippen molar-refractivity contribution in [3.05, 3.63) is 139 Å². The first-order chi connectivity index (χ1) is 20.5. The molecule has 2 atom stereocenters. The van der Waals surface area contributed by atoms with Crippen molar-refractivity contribution in [3.63, 3.8) is 0 Å². The number of para-hydroxylation sites is 1. The molecule has 0 radical (unpaired) electrons. The van der Waals surface area contributed by atoms with Crippen LogP contribution in [0.15, 0.2) is 116 Å². The summed E-state index contributed by atoms with van der Waals surface area (Å²) in [7, 11) is 0. The summed E-state index contributed by atoms with van der Waals surface area (Å²) in [6.45, 7) is 7.71. The summed E-state index contributed by atoms with van der Waals surface area (Å²) in [6, 6.07) is 35.0. The van der Waals surface area contributed by atoms with Crippen molar-refractivity contribution in [2.45, 2.75) is 13.8 Å². The predicted molar refractivity (Wildman–Crippen MR) is 168 cm³/mol. The van der Waals surface area contributed by atoms with Gasteiger partial charge in [-0.3, -0.25) is 13.5 Å². The van der Waals surface area contributed by atoms with E-state index in [0.29, 0.717) is 10.0 Å². The highest BCUT2D eigenvalue weighted by Crippen LogP contribution is 2.52. The number of benzene rings is 4. The zero-order valence-electron chi connectivity index (χ0n) is 23.4. The Bertz CT molecular complexity index is 2090. The molecule has 202 valence electrons. The number of aromatic nitrogens is 2. The van der Waals surface area contributed by atoms with Crippen LogP contribution in [-0.4, -0.2) is 16.2 Å². The van der Waals surface area contributed by atoms with Gasteiger partial charge in [0.05, 0.1) is 29.3 Å². The van der Waals surface area contributed by atoms with Gasteiger partial charge in [0.25, 0.3) is 0 Å². The van der Waals surface area contributed by atoms with Crippen molar-refractivity contribution < 1.29 is 4.74 Å². The molecule has 4 aromatic carbocycles. The summed E-state index contributed by atoms with van der Waals surface area (Å²) in [4.78, 5) is 4.63. The maximum atomic E-state index is 9.52. The smallest absolute Gasteiger partial charge is 0.185 e. The minimum absolute atomic E-state index is 0.631. The van der Waals surface area contributed by atoms with Crippen molar-refractivity contribution in [3.8, 4) is 23.4 Å². The molecule has 1 saturated heterocycles. The van der Waals surface area contributed by atoms with E-state index in [1.807, 2.05) is 48.5 Å². The molecular weight excluding hydrogens is 518 g/mol. The van der Waals surface area contributed by atoms with Crippen molar-refractivity contribution in [1.82, 2.24) is 18.5 Å². The SMILES string of the molecule is Cc1cccc(C)c1[N@+]12C=C[N@+](c3cccc(Oc4ccc5c6cc(C#N)ccc6n(-c6ccccn6)c5c4)c3)([CH-]1)C2. The number of quaternary nitrogens is 2. The van der Waals surface area contributed by atoms with Crippen LogP contribution in [0, 0.1) is 31.8 Å². The van der Waals surface area contributed by atoms with E-state index in [-0.39, 0.29) is 0 Å². The lowest BCUT2D eigenvalue weighted by Gasteiger charge is -2.56. The number of rotatable bonds is 5. The van der Waals surface area contributed by atoms with Gasteiger partial charge in [-0.2, -0.15) is 5.26 Å². The predicted octanol–water partition coefficient (Wildman–Crippen LogP) is 8.35. The lowest BCUT2D eigenvalue weighted by atomic mass is 10.1. The first-order valence-corrected chi connectivity index (χ1v) is 14.1. The third-order valence-corrected chi connectivity index (χ3v) is 8.61. The summed E-state index contributed by atoms with van der Waals surface area (Å²) in [5, 5.41) is 11.6. The summed E-state index contributed by atoms with van der Waals surface area (Å²) >= 11 is 0. The first-order valence-electron chi connectivity index (χ1n) is 14.1. The average Bonchev–Trinajstić information content (AvgIpc) is 3.66. The largest absolute Gasteiger partial charge is 0.457 e. The summed E-state index contributed by atoms with van der Waals surface area (Å²) in [5.74, 6) is 2.35. The Morgan fingerprint density at radius 2 is 1.57 bits per heavy atom. The fourth-order valence-corrected chi connectivity index (χ4v) is 6.85. The Kier molecular flexibility index (Phi) is 5.20. The summed E-state index contributed by atoms with van der Waals surface area (Å²) < 4.78 is 10.1. The van der Waals surface area contributed by atoms with Gasteiger partial charge in [0.2, 0.25) is 0 Å². The van der Waals surface area contributed by atoms with Gasteiger partial charge in [-0.25, -0.2) is 4.98 Å². The Morgan fingerprint density at radius 3 is 2.36 bits per heavy atom. The molecule has 0 unspecified atom stereocenters. The third-order valence-electron chi connectivity index (χ3n) is 8.61. The summed E-state index contributed by atoms with van der Waals surface area (Å²) in [6.07, 6.45) is 6.39. The Hall–Kier alpha value is -5.22. The molecule has 0 saturated carbocycles. The highest BCUT2D eigenvalue weighted by atomic mass is 16.5. The molecule has 6 aromatic rings. The molecule has 42 heavy (non-hydrogen) atoms. The van der Waals surface area contributed by atoms with Crippen molar-refractivity contribution >= 4 is 33.2 Å². The monoisotopic (exact) mass is 546 g/mol. The molecule has 0 amide bonds. The van der Waals surface area contributed by atoms with Gasteiger partial charge in [-0.05, 0) is 68.4 Å². The van der Waals surface area contributed by atoms with Gasteiger partial charge in [-0.1, -0.05) is 30.3 Å². The van der Waals surface area contributed by atoms with Crippen LogP contribution in [-0.2, 0) is 0 Å². The van der Waals surface area contributed by atoms with Crippen LogP contribution < -0.4 is 13.7 Å². The maximum Gasteiger partial charge on any atom is 0.185 e. The summed E-state index contributed by atoms with van der Waals surface area (Å²) in [5.41, 5.74) is 7.77. The zero-order chi connectivity index (χ0) is 28.5. The number of hydrogen-bond acceptors (Lipinski definition) is 3. The van der Waals surface area contributed by atoms with Gasteiger partial charge in [-0.15, -0.1) is 0 Å². The van der Waals surface area contributed by atoms with E-state index in [1.165, 1.54) is 22.5 Å². The van der Waals surface area contributed by atoms with Crippen LogP contribution in [0.3, 0.4) is 0 Å². The average molecular weight is 547 g/mol. The van der Waals surface area contributed by atoms with Crippen molar-refractivity contribution in [1.29, 1.82) is 5.26 Å². The number of pyridine rings is 1. The Balaban J connectivity index is 1.15. The normalized spacial score (nSPS) is 20.5. The maximum absolute atomic E-state index is 9.52. The number of fused-ring (bicyclic) bond motifs is 3. The standard InChI is InChI=1S/C36H28N5O/c1-25-7-5-8-26(2)36(25)41-18-17-40(23-41,24-41)28-9-6-10-29(20-28)42-30-13-14-31-32-19-27(22-37)12-15-33(32)39(34(31)21-30)35-11-3-4-16-38-35/h3-21,23H,24H2,1-2H3/q+1/t40-,41+/m0/s1. The van der Waals surface area contributed by atoms with Gasteiger partial charge in [0, 0.05) is 40.2 Å². The molecule has 1 fully saturated rings. The number of aryl methyl sites for hydroxylation is 2. The van der Waals surface area contributed by atoms with Gasteiger partial charge in [0.15, 0.2) is 6.67 Å². The van der Waals surface area contributed by atoms with Crippen LogP contribution in [0.25, 0.3) is 27.6 Å². The van der Waals surface area contributed by atoms with E-state index in [0.717, 1.165) is 50.3 Å². The number of nitriles is 1. The molecule has 2 bridgehead atoms. The number of ether oxygens (including phenoxy) is 1. The third kappa shape index (κ3) is 3.55. The van der Waals surface area contributed by atoms with Crippen molar-refractivity contribution in [2.24, 2.45) is 0 Å². The lowest BCUT2D eigenvalue weighted by Crippen LogP contribution is -2.68. The fraction of sp³-hybridized carbons (Fsp3) is 0.0833. The Morgan fingerprint density at radius 1 is 0.786 bits per heavy atom. The molecule has 5 heterocycles. The lowest BCUT2D eigenvalue weighted by molar-refractivity contribution is 0.171. The second kappa shape index (κ2) is 8.89. The van der Waals surface area contributed by atoms with E-state index in [2.05, 4.69) is 97.1 Å². The zero-order valence-corrected chi connectivity index (χ0v) is 23.4. The molecule has 2 aromatic heterocycles. The van der Waals surface area contributed by atoms with E-state index in [4.69, 9.17) is 4.74 Å². The first kappa shape index (κ1) is 24.6. The van der Waals surface area contributed by atoms with E-state index < -0.39 is 0 Å². The van der Waals surface area contributed by atoms with E-state index in [9.17, 15) is 5.26 Å². The fourth-order valence-electron chi connectivity index (χ4n) is 6.85. The van der Waals surface area contributed by atoms with E-state index >= 15 is 0 Å². The minimum Gasteiger partial charge on any atom is -0.457 e. The topological polar surface area (TPSA) is 50.8 Å². The molecule has 0 spiro atoms. The van der Waals surface area contributed by atoms with Crippen LogP contribution >= 0.6 is 0 Å². The number of hydrogen-bond donors (Lipinski definition) is 0. The second-order valence-electron chi connectivity index (χ2n) is 11.3. The van der Waals surface area contributed by atoms with Crippen LogP contribution in [0.1, 0.15) is 16.7 Å².